The van der Waals surface area contributed by atoms with Crippen LogP contribution in [-0.4, -0.2) is 12.6 Å². The van der Waals surface area contributed by atoms with Gasteiger partial charge in [0.15, 0.2) is 0 Å². The number of fused-ring (bicyclic) bond motifs is 1. The molecule has 1 aliphatic rings. The monoisotopic (exact) mass is 376 g/mol. The molecule has 0 radical (unpaired) electrons. The molecule has 1 unspecified atom stereocenters. The van der Waals surface area contributed by atoms with Gasteiger partial charge in [0.1, 0.15) is 0 Å². The molecule has 2 nitrogen and oxygen atoms in total. The molecule has 1 atom stereocenters. The van der Waals surface area contributed by atoms with Gasteiger partial charge in [-0.1, -0.05) is 68.5 Å². The van der Waals surface area contributed by atoms with Crippen molar-refractivity contribution in [1.29, 1.82) is 0 Å². The van der Waals surface area contributed by atoms with Gasteiger partial charge in [0.25, 0.3) is 0 Å². The standard InChI is InChI=1S/C26H32O2/c1-3-20(2)26(27)28-17-9-5-6-10-21-13-14-23-15-16-24(19-25(23)18-21)22-11-7-4-8-12-22/h4,7-8,11-14,18-20H,3,5-6,9-10,15-17H2,1-2H3. The minimum Gasteiger partial charge on any atom is -0.465 e. The Morgan fingerprint density at radius 1 is 1.04 bits per heavy atom. The van der Waals surface area contributed by atoms with Crippen molar-refractivity contribution >= 4 is 17.6 Å². The van der Waals surface area contributed by atoms with E-state index in [1.165, 1.54) is 27.8 Å². The first-order valence-electron chi connectivity index (χ1n) is 10.7. The van der Waals surface area contributed by atoms with Gasteiger partial charge in [-0.2, -0.15) is 0 Å². The Balaban J connectivity index is 1.48. The first-order valence-corrected chi connectivity index (χ1v) is 10.7. The highest BCUT2D eigenvalue weighted by Gasteiger charge is 2.13. The Morgan fingerprint density at radius 3 is 2.64 bits per heavy atom. The normalized spacial score (nSPS) is 14.1. The van der Waals surface area contributed by atoms with E-state index in [2.05, 4.69) is 54.6 Å². The number of hydrogen-bond donors (Lipinski definition) is 0. The van der Waals surface area contributed by atoms with Crippen LogP contribution in [0.3, 0.4) is 0 Å². The third-order valence-electron chi connectivity index (χ3n) is 5.72. The number of benzene rings is 2. The molecule has 0 saturated heterocycles. The van der Waals surface area contributed by atoms with Gasteiger partial charge >= 0.3 is 5.97 Å². The fourth-order valence-electron chi connectivity index (χ4n) is 3.66. The summed E-state index contributed by atoms with van der Waals surface area (Å²) in [7, 11) is 0. The fourth-order valence-corrected chi connectivity index (χ4v) is 3.66. The Morgan fingerprint density at radius 2 is 1.86 bits per heavy atom. The molecule has 0 spiro atoms. The zero-order valence-electron chi connectivity index (χ0n) is 17.2. The molecule has 0 heterocycles. The summed E-state index contributed by atoms with van der Waals surface area (Å²) in [5.41, 5.74) is 7.02. The molecule has 148 valence electrons. The number of allylic oxidation sites excluding steroid dienone is 1. The highest BCUT2D eigenvalue weighted by Crippen LogP contribution is 2.31. The van der Waals surface area contributed by atoms with Crippen LogP contribution in [0.25, 0.3) is 11.6 Å². The van der Waals surface area contributed by atoms with Gasteiger partial charge in [-0.25, -0.2) is 0 Å². The van der Waals surface area contributed by atoms with E-state index >= 15 is 0 Å². The van der Waals surface area contributed by atoms with Crippen LogP contribution in [0.15, 0.2) is 48.5 Å². The Hall–Kier alpha value is -2.35. The molecule has 0 fully saturated rings. The Bertz CT molecular complexity index is 804. The van der Waals surface area contributed by atoms with Crippen molar-refractivity contribution in [2.24, 2.45) is 5.92 Å². The van der Waals surface area contributed by atoms with Crippen molar-refractivity contribution in [3.05, 3.63) is 70.8 Å². The highest BCUT2D eigenvalue weighted by atomic mass is 16.5. The van der Waals surface area contributed by atoms with Gasteiger partial charge in [0.05, 0.1) is 12.5 Å². The molecule has 0 aromatic heterocycles. The molecular formula is C26H32O2. The van der Waals surface area contributed by atoms with Crippen molar-refractivity contribution in [2.45, 2.75) is 58.8 Å². The van der Waals surface area contributed by atoms with Crippen LogP contribution >= 0.6 is 0 Å². The van der Waals surface area contributed by atoms with Gasteiger partial charge in [0, 0.05) is 0 Å². The zero-order chi connectivity index (χ0) is 19.8. The predicted octanol–water partition coefficient (Wildman–Crippen LogP) is 6.48. The molecule has 0 amide bonds. The van der Waals surface area contributed by atoms with E-state index in [4.69, 9.17) is 4.74 Å². The summed E-state index contributed by atoms with van der Waals surface area (Å²) in [4.78, 5) is 11.7. The van der Waals surface area contributed by atoms with E-state index in [0.717, 1.165) is 44.9 Å². The molecule has 2 aromatic carbocycles. The molecule has 0 aliphatic heterocycles. The van der Waals surface area contributed by atoms with Gasteiger partial charge < -0.3 is 4.74 Å². The van der Waals surface area contributed by atoms with Crippen LogP contribution in [-0.2, 0) is 22.4 Å². The maximum absolute atomic E-state index is 11.7. The number of unbranched alkanes of at least 4 members (excludes halogenated alkanes) is 2. The van der Waals surface area contributed by atoms with E-state index in [-0.39, 0.29) is 11.9 Å². The number of esters is 1. The van der Waals surface area contributed by atoms with Crippen molar-refractivity contribution in [1.82, 2.24) is 0 Å². The van der Waals surface area contributed by atoms with Crippen LogP contribution in [0.2, 0.25) is 0 Å². The number of carbonyl (C=O) groups is 1. The largest absolute Gasteiger partial charge is 0.465 e. The van der Waals surface area contributed by atoms with E-state index in [0.29, 0.717) is 6.61 Å². The first kappa shape index (κ1) is 20.4. The summed E-state index contributed by atoms with van der Waals surface area (Å²) in [6, 6.07) is 17.7. The van der Waals surface area contributed by atoms with Crippen molar-refractivity contribution in [3.8, 4) is 0 Å². The molecule has 0 saturated carbocycles. The summed E-state index contributed by atoms with van der Waals surface area (Å²) in [6.07, 6.45) is 9.71. The molecule has 28 heavy (non-hydrogen) atoms. The fraction of sp³-hybridized carbons (Fsp3) is 0.423. The topological polar surface area (TPSA) is 26.3 Å². The second-order valence-electron chi connectivity index (χ2n) is 7.86. The summed E-state index contributed by atoms with van der Waals surface area (Å²) < 4.78 is 5.33. The van der Waals surface area contributed by atoms with Crippen LogP contribution < -0.4 is 0 Å². The third kappa shape index (κ3) is 5.58. The number of ether oxygens (including phenoxy) is 1. The highest BCUT2D eigenvalue weighted by molar-refractivity contribution is 5.84. The van der Waals surface area contributed by atoms with E-state index < -0.39 is 0 Å². The average molecular weight is 377 g/mol. The lowest BCUT2D eigenvalue weighted by atomic mass is 9.87. The molecule has 3 rings (SSSR count). The average Bonchev–Trinajstić information content (AvgIpc) is 2.75. The summed E-state index contributed by atoms with van der Waals surface area (Å²) in [6.45, 7) is 4.50. The van der Waals surface area contributed by atoms with Crippen molar-refractivity contribution in [2.75, 3.05) is 6.61 Å². The maximum atomic E-state index is 11.7. The first-order chi connectivity index (χ1) is 13.7. The molecular weight excluding hydrogens is 344 g/mol. The van der Waals surface area contributed by atoms with Gasteiger partial charge in [0.2, 0.25) is 0 Å². The number of aryl methyl sites for hydroxylation is 2. The van der Waals surface area contributed by atoms with Crippen LogP contribution in [0.5, 0.6) is 0 Å². The Labute approximate surface area is 169 Å². The van der Waals surface area contributed by atoms with Gasteiger partial charge in [-0.05, 0) is 72.8 Å². The van der Waals surface area contributed by atoms with Crippen molar-refractivity contribution in [3.63, 3.8) is 0 Å². The molecule has 0 bridgehead atoms. The number of hydrogen-bond acceptors (Lipinski definition) is 2. The quantitative estimate of drug-likeness (QED) is 0.370. The molecule has 1 aliphatic carbocycles. The van der Waals surface area contributed by atoms with Crippen LogP contribution in [0.1, 0.15) is 68.2 Å². The van der Waals surface area contributed by atoms with Gasteiger partial charge in [-0.3, -0.25) is 4.79 Å². The van der Waals surface area contributed by atoms with Crippen molar-refractivity contribution < 1.29 is 9.53 Å². The number of carbonyl (C=O) groups excluding carboxylic acids is 1. The third-order valence-corrected chi connectivity index (χ3v) is 5.72. The lowest BCUT2D eigenvalue weighted by molar-refractivity contribution is -0.148. The molecule has 0 N–H and O–H groups in total. The van der Waals surface area contributed by atoms with E-state index in [1.807, 2.05) is 13.8 Å². The minimum atomic E-state index is -0.0572. The lowest BCUT2D eigenvalue weighted by Gasteiger charge is -2.18. The molecule has 2 aromatic rings. The van der Waals surface area contributed by atoms with Gasteiger partial charge in [-0.15, -0.1) is 0 Å². The zero-order valence-corrected chi connectivity index (χ0v) is 17.2. The van der Waals surface area contributed by atoms with Crippen LogP contribution in [0, 0.1) is 5.92 Å². The Kier molecular flexibility index (Phi) is 7.47. The lowest BCUT2D eigenvalue weighted by Crippen LogP contribution is -2.14. The summed E-state index contributed by atoms with van der Waals surface area (Å²) in [5, 5.41) is 0. The number of rotatable bonds is 9. The van der Waals surface area contributed by atoms with E-state index in [9.17, 15) is 4.79 Å². The second kappa shape index (κ2) is 10.3. The second-order valence-corrected chi connectivity index (χ2v) is 7.86. The summed E-state index contributed by atoms with van der Waals surface area (Å²) >= 11 is 0. The van der Waals surface area contributed by atoms with E-state index in [1.54, 1.807) is 0 Å². The SMILES string of the molecule is CCC(C)C(=O)OCCCCCc1ccc2c(c1)C=C(c1ccccc1)CC2. The van der Waals surface area contributed by atoms with Crippen LogP contribution in [0.4, 0.5) is 0 Å². The minimum absolute atomic E-state index is 0.0179. The molecule has 2 heteroatoms. The maximum Gasteiger partial charge on any atom is 0.308 e. The smallest absolute Gasteiger partial charge is 0.308 e. The summed E-state index contributed by atoms with van der Waals surface area (Å²) in [5.74, 6) is -0.0393. The predicted molar refractivity (Wildman–Crippen MR) is 117 cm³/mol.